The van der Waals surface area contributed by atoms with Gasteiger partial charge in [-0.25, -0.2) is 4.98 Å². The van der Waals surface area contributed by atoms with Crippen LogP contribution in [0.3, 0.4) is 0 Å². The van der Waals surface area contributed by atoms with Crippen LogP contribution in [-0.2, 0) is 6.42 Å². The number of thiazole rings is 1. The minimum Gasteiger partial charge on any atom is -0.235 e. The van der Waals surface area contributed by atoms with E-state index in [1.54, 1.807) is 11.3 Å². The highest BCUT2D eigenvalue weighted by molar-refractivity contribution is 9.09. The maximum atomic E-state index is 4.25. The topological polar surface area (TPSA) is 12.9 Å². The van der Waals surface area contributed by atoms with E-state index in [4.69, 9.17) is 0 Å². The summed E-state index contributed by atoms with van der Waals surface area (Å²) in [5.41, 5.74) is 1.18. The lowest BCUT2D eigenvalue weighted by Gasteiger charge is -1.92. The first-order chi connectivity index (χ1) is 5.33. The van der Waals surface area contributed by atoms with Gasteiger partial charge in [0.05, 0.1) is 5.69 Å². The smallest absolute Gasteiger partial charge is 0.147 e. The van der Waals surface area contributed by atoms with Crippen LogP contribution in [0.1, 0.15) is 18.5 Å². The van der Waals surface area contributed by atoms with Gasteiger partial charge in [0, 0.05) is 10.7 Å². The molecule has 1 aromatic heterocycles. The van der Waals surface area contributed by atoms with E-state index in [1.165, 1.54) is 18.5 Å². The van der Waals surface area contributed by atoms with Gasteiger partial charge in [0.2, 0.25) is 0 Å². The summed E-state index contributed by atoms with van der Waals surface area (Å²) in [6.07, 6.45) is 3.52. The van der Waals surface area contributed by atoms with Gasteiger partial charge >= 0.3 is 0 Å². The molecular formula is C7H10BrNS2. The molecule has 1 heterocycles. The van der Waals surface area contributed by atoms with E-state index in [-0.39, 0.29) is 0 Å². The Hall–Kier alpha value is 0.460. The van der Waals surface area contributed by atoms with Crippen LogP contribution in [0.15, 0.2) is 9.72 Å². The van der Waals surface area contributed by atoms with Crippen molar-refractivity contribution >= 4 is 39.9 Å². The minimum atomic E-state index is 0.874. The maximum Gasteiger partial charge on any atom is 0.147 e. The summed E-state index contributed by atoms with van der Waals surface area (Å²) in [5, 5.41) is 3.17. The van der Waals surface area contributed by atoms with Crippen LogP contribution in [0.4, 0.5) is 0 Å². The molecule has 11 heavy (non-hydrogen) atoms. The molecule has 0 N–H and O–H groups in total. The van der Waals surface area contributed by atoms with E-state index in [1.807, 2.05) is 0 Å². The number of hydrogen-bond donors (Lipinski definition) is 1. The molecule has 0 spiro atoms. The van der Waals surface area contributed by atoms with Gasteiger partial charge in [-0.1, -0.05) is 15.9 Å². The lowest BCUT2D eigenvalue weighted by molar-refractivity contribution is 0.786. The molecule has 0 atom stereocenters. The average Bonchev–Trinajstić information content (AvgIpc) is 2.37. The highest BCUT2D eigenvalue weighted by atomic mass is 79.9. The Balaban J connectivity index is 2.27. The Labute approximate surface area is 84.8 Å². The van der Waals surface area contributed by atoms with Crippen molar-refractivity contribution in [2.75, 3.05) is 5.33 Å². The summed E-state index contributed by atoms with van der Waals surface area (Å²) in [7, 11) is 0. The van der Waals surface area contributed by atoms with E-state index in [9.17, 15) is 0 Å². The molecule has 0 saturated carbocycles. The SMILES string of the molecule is Sc1nc(CCCCBr)cs1. The normalized spacial score (nSPS) is 10.4. The molecule has 1 rings (SSSR count). The van der Waals surface area contributed by atoms with Gasteiger partial charge in [-0.15, -0.1) is 24.0 Å². The molecule has 4 heteroatoms. The second-order valence-electron chi connectivity index (χ2n) is 2.27. The molecule has 0 fully saturated rings. The van der Waals surface area contributed by atoms with E-state index >= 15 is 0 Å². The van der Waals surface area contributed by atoms with Gasteiger partial charge in [0.25, 0.3) is 0 Å². The van der Waals surface area contributed by atoms with Crippen LogP contribution in [0, 0.1) is 0 Å². The third kappa shape index (κ3) is 3.58. The van der Waals surface area contributed by atoms with Crippen LogP contribution >= 0.6 is 39.9 Å². The van der Waals surface area contributed by atoms with Crippen LogP contribution < -0.4 is 0 Å². The van der Waals surface area contributed by atoms with Crippen LogP contribution in [-0.4, -0.2) is 10.3 Å². The highest BCUT2D eigenvalue weighted by Crippen LogP contribution is 2.14. The number of nitrogens with zero attached hydrogens (tertiary/aromatic N) is 1. The van der Waals surface area contributed by atoms with Gasteiger partial charge in [-0.05, 0) is 19.3 Å². The zero-order valence-corrected chi connectivity index (χ0v) is 9.38. The van der Waals surface area contributed by atoms with Crippen molar-refractivity contribution in [1.29, 1.82) is 0 Å². The first kappa shape index (κ1) is 9.55. The number of hydrogen-bond acceptors (Lipinski definition) is 3. The number of alkyl halides is 1. The molecular weight excluding hydrogens is 242 g/mol. The van der Waals surface area contributed by atoms with Gasteiger partial charge < -0.3 is 0 Å². The zero-order chi connectivity index (χ0) is 8.10. The first-order valence-electron chi connectivity index (χ1n) is 3.52. The van der Waals surface area contributed by atoms with Gasteiger partial charge in [-0.3, -0.25) is 0 Å². The van der Waals surface area contributed by atoms with Crippen molar-refractivity contribution in [3.05, 3.63) is 11.1 Å². The number of aryl methyl sites for hydroxylation is 1. The molecule has 62 valence electrons. The fourth-order valence-electron chi connectivity index (χ4n) is 0.812. The van der Waals surface area contributed by atoms with Gasteiger partial charge in [0.1, 0.15) is 4.34 Å². The summed E-state index contributed by atoms with van der Waals surface area (Å²) >= 11 is 9.15. The standard InChI is InChI=1S/C7H10BrNS2/c8-4-2-1-3-6-5-11-7(10)9-6/h5H,1-4H2,(H,9,10). The Morgan fingerprint density at radius 3 is 2.91 bits per heavy atom. The van der Waals surface area contributed by atoms with Gasteiger partial charge in [-0.2, -0.15) is 0 Å². The number of unbranched alkanes of at least 4 members (excludes halogenated alkanes) is 1. The predicted molar refractivity (Wildman–Crippen MR) is 56.1 cm³/mol. The second-order valence-corrected chi connectivity index (χ2v) is 4.64. The summed E-state index contributed by atoms with van der Waals surface area (Å²) in [6.45, 7) is 0. The Bertz CT molecular complexity index is 212. The van der Waals surface area contributed by atoms with Crippen LogP contribution in [0.5, 0.6) is 0 Å². The maximum absolute atomic E-state index is 4.25. The molecule has 1 nitrogen and oxygen atoms in total. The van der Waals surface area contributed by atoms with Crippen molar-refractivity contribution in [3.63, 3.8) is 0 Å². The van der Waals surface area contributed by atoms with Crippen LogP contribution in [0.25, 0.3) is 0 Å². The molecule has 0 unspecified atom stereocenters. The Kier molecular flexibility index (Phi) is 4.48. The molecule has 0 aliphatic heterocycles. The van der Waals surface area contributed by atoms with Crippen molar-refractivity contribution in [3.8, 4) is 0 Å². The summed E-state index contributed by atoms with van der Waals surface area (Å²) in [6, 6.07) is 0. The fraction of sp³-hybridized carbons (Fsp3) is 0.571. The van der Waals surface area contributed by atoms with E-state index in [0.717, 1.165) is 16.1 Å². The number of thiol groups is 1. The summed E-state index contributed by atoms with van der Waals surface area (Å²) in [4.78, 5) is 4.25. The quantitative estimate of drug-likeness (QED) is 0.493. The van der Waals surface area contributed by atoms with Crippen molar-refractivity contribution in [2.24, 2.45) is 0 Å². The van der Waals surface area contributed by atoms with E-state index in [2.05, 4.69) is 38.9 Å². The van der Waals surface area contributed by atoms with Crippen molar-refractivity contribution in [1.82, 2.24) is 4.98 Å². The molecule has 0 aromatic carbocycles. The highest BCUT2D eigenvalue weighted by Gasteiger charge is 1.97. The Morgan fingerprint density at radius 1 is 1.55 bits per heavy atom. The average molecular weight is 252 g/mol. The zero-order valence-electron chi connectivity index (χ0n) is 6.09. The largest absolute Gasteiger partial charge is 0.235 e. The molecule has 0 amide bonds. The number of halogens is 1. The third-order valence-corrected chi connectivity index (χ3v) is 3.03. The molecule has 0 saturated heterocycles. The second kappa shape index (κ2) is 5.17. The predicted octanol–water partition coefficient (Wildman–Crippen LogP) is 3.15. The molecule has 0 aliphatic rings. The van der Waals surface area contributed by atoms with Gasteiger partial charge in [0.15, 0.2) is 0 Å². The summed E-state index contributed by atoms with van der Waals surface area (Å²) in [5.74, 6) is 0. The van der Waals surface area contributed by atoms with E-state index < -0.39 is 0 Å². The third-order valence-electron chi connectivity index (χ3n) is 1.36. The molecule has 0 aliphatic carbocycles. The lowest BCUT2D eigenvalue weighted by atomic mass is 10.2. The number of aromatic nitrogens is 1. The summed E-state index contributed by atoms with van der Waals surface area (Å²) < 4.78 is 0.874. The first-order valence-corrected chi connectivity index (χ1v) is 5.97. The fourth-order valence-corrected chi connectivity index (χ4v) is 2.08. The number of rotatable bonds is 4. The molecule has 0 bridgehead atoms. The van der Waals surface area contributed by atoms with Crippen molar-refractivity contribution in [2.45, 2.75) is 23.6 Å². The monoisotopic (exact) mass is 251 g/mol. The lowest BCUT2D eigenvalue weighted by Crippen LogP contribution is -1.85. The molecule has 0 radical (unpaired) electrons. The minimum absolute atomic E-state index is 0.874. The van der Waals surface area contributed by atoms with Crippen molar-refractivity contribution < 1.29 is 0 Å². The van der Waals surface area contributed by atoms with E-state index in [0.29, 0.717) is 0 Å². The van der Waals surface area contributed by atoms with Crippen LogP contribution in [0.2, 0.25) is 0 Å². The molecule has 1 aromatic rings. The Morgan fingerprint density at radius 2 is 2.36 bits per heavy atom.